The molecule has 0 fully saturated rings. The summed E-state index contributed by atoms with van der Waals surface area (Å²) in [4.78, 5) is 0.176. The van der Waals surface area contributed by atoms with Gasteiger partial charge in [0.1, 0.15) is 0 Å². The molecule has 1 N–H and O–H groups in total. The van der Waals surface area contributed by atoms with Crippen molar-refractivity contribution in [1.82, 2.24) is 5.48 Å². The molecule has 0 aliphatic carbocycles. The van der Waals surface area contributed by atoms with Crippen molar-refractivity contribution in [3.8, 4) is 0 Å². The Morgan fingerprint density at radius 3 is 1.88 bits per heavy atom. The van der Waals surface area contributed by atoms with Gasteiger partial charge in [-0.3, -0.25) is 0 Å². The average Bonchev–Trinajstić information content (AvgIpc) is 2.56. The Morgan fingerprint density at radius 1 is 0.833 bits per heavy atom. The Labute approximate surface area is 170 Å². The fourth-order valence-electron chi connectivity index (χ4n) is 2.44. The van der Waals surface area contributed by atoms with Gasteiger partial charge in [-0.25, -0.2) is 0 Å². The first-order valence-corrected chi connectivity index (χ1v) is 10.3. The molecular weight excluding hydrogens is 333 g/mol. The van der Waals surface area contributed by atoms with E-state index in [1.807, 2.05) is 0 Å². The first kappa shape index (κ1) is 24.1. The summed E-state index contributed by atoms with van der Waals surface area (Å²) in [6, 6.07) is 8.18. The monoisotopic (exact) mass is 365 g/mol. The van der Waals surface area contributed by atoms with Crippen molar-refractivity contribution in [3.05, 3.63) is 30.3 Å². The van der Waals surface area contributed by atoms with Crippen LogP contribution in [-0.4, -0.2) is 44.5 Å². The van der Waals surface area contributed by atoms with Crippen LogP contribution in [0.2, 0.25) is 0 Å². The molecule has 1 aromatic rings. The number of hydrogen-bond acceptors (Lipinski definition) is 4. The van der Waals surface area contributed by atoms with Crippen LogP contribution in [0.3, 0.4) is 0 Å². The third-order valence-corrected chi connectivity index (χ3v) is 5.02. The Morgan fingerprint density at radius 2 is 1.33 bits per heavy atom. The van der Waals surface area contributed by atoms with E-state index in [9.17, 15) is 8.42 Å². The SMILES string of the molecule is CCCCCCCCCCCCNOS(=O)(=O)c1ccccc1.[NaH]. The van der Waals surface area contributed by atoms with Gasteiger partial charge in [-0.05, 0) is 18.6 Å². The van der Waals surface area contributed by atoms with E-state index in [4.69, 9.17) is 4.28 Å². The third kappa shape index (κ3) is 11.6. The Balaban J connectivity index is 0.00000529. The molecule has 0 spiro atoms. The summed E-state index contributed by atoms with van der Waals surface area (Å²) in [5.41, 5.74) is 2.56. The van der Waals surface area contributed by atoms with Crippen molar-refractivity contribution in [2.45, 2.75) is 76.0 Å². The molecule has 0 radical (unpaired) electrons. The van der Waals surface area contributed by atoms with Gasteiger partial charge in [0, 0.05) is 6.54 Å². The molecule has 1 rings (SSSR count). The zero-order valence-electron chi connectivity index (χ0n) is 14.3. The molecule has 4 nitrogen and oxygen atoms in total. The van der Waals surface area contributed by atoms with E-state index in [0.29, 0.717) is 6.54 Å². The van der Waals surface area contributed by atoms with Crippen LogP contribution in [0.15, 0.2) is 35.2 Å². The normalized spacial score (nSPS) is 11.2. The van der Waals surface area contributed by atoms with Crippen LogP contribution in [0, 0.1) is 0 Å². The number of hydroxylamine groups is 1. The quantitative estimate of drug-likeness (QED) is 0.305. The van der Waals surface area contributed by atoms with E-state index in [1.165, 1.54) is 63.5 Å². The Kier molecular flexibility index (Phi) is 15.4. The van der Waals surface area contributed by atoms with Gasteiger partial charge in [0.15, 0.2) is 0 Å². The Hall–Kier alpha value is 0.0900. The summed E-state index contributed by atoms with van der Waals surface area (Å²) in [5, 5.41) is 0. The fraction of sp³-hybridized carbons (Fsp3) is 0.667. The number of rotatable bonds is 14. The maximum absolute atomic E-state index is 11.8. The predicted octanol–water partition coefficient (Wildman–Crippen LogP) is 4.17. The van der Waals surface area contributed by atoms with E-state index in [-0.39, 0.29) is 34.5 Å². The van der Waals surface area contributed by atoms with Gasteiger partial charge >= 0.3 is 39.7 Å². The third-order valence-electron chi connectivity index (χ3n) is 3.83. The molecule has 0 unspecified atom stereocenters. The van der Waals surface area contributed by atoms with Crippen LogP contribution < -0.4 is 5.48 Å². The van der Waals surface area contributed by atoms with Crippen molar-refractivity contribution >= 4 is 39.7 Å². The second-order valence-electron chi connectivity index (χ2n) is 5.93. The second kappa shape index (κ2) is 15.4. The van der Waals surface area contributed by atoms with Crippen molar-refractivity contribution in [2.24, 2.45) is 0 Å². The zero-order valence-corrected chi connectivity index (χ0v) is 15.1. The van der Waals surface area contributed by atoms with E-state index in [2.05, 4.69) is 12.4 Å². The summed E-state index contributed by atoms with van der Waals surface area (Å²) >= 11 is 0. The first-order chi connectivity index (χ1) is 11.2. The van der Waals surface area contributed by atoms with Crippen LogP contribution in [0.5, 0.6) is 0 Å². The molecule has 134 valence electrons. The predicted molar refractivity (Wildman–Crippen MR) is 102 cm³/mol. The van der Waals surface area contributed by atoms with Crippen LogP contribution in [0.4, 0.5) is 0 Å². The summed E-state index contributed by atoms with van der Waals surface area (Å²) in [6.45, 7) is 2.80. The molecule has 0 aliphatic rings. The van der Waals surface area contributed by atoms with Gasteiger partial charge in [0.2, 0.25) is 0 Å². The fourth-order valence-corrected chi connectivity index (χ4v) is 3.26. The van der Waals surface area contributed by atoms with Crippen LogP contribution >= 0.6 is 0 Å². The molecule has 0 amide bonds. The number of nitrogens with one attached hydrogen (secondary N) is 1. The van der Waals surface area contributed by atoms with E-state index < -0.39 is 10.1 Å². The average molecular weight is 366 g/mol. The first-order valence-electron chi connectivity index (χ1n) is 8.88. The van der Waals surface area contributed by atoms with Crippen molar-refractivity contribution in [3.63, 3.8) is 0 Å². The molecule has 0 saturated carbocycles. The van der Waals surface area contributed by atoms with Gasteiger partial charge < -0.3 is 0 Å². The summed E-state index contributed by atoms with van der Waals surface area (Å²) in [7, 11) is -3.68. The van der Waals surface area contributed by atoms with Crippen LogP contribution in [0.25, 0.3) is 0 Å². The van der Waals surface area contributed by atoms with Crippen molar-refractivity contribution in [2.75, 3.05) is 6.54 Å². The number of unbranched alkanes of at least 4 members (excludes halogenated alkanes) is 9. The van der Waals surface area contributed by atoms with E-state index in [0.717, 1.165) is 12.8 Å². The van der Waals surface area contributed by atoms with Gasteiger partial charge in [-0.2, -0.15) is 18.2 Å². The molecular formula is C18H32NNaO3S. The topological polar surface area (TPSA) is 55.4 Å². The van der Waals surface area contributed by atoms with Crippen LogP contribution in [-0.2, 0) is 14.4 Å². The summed E-state index contributed by atoms with van der Waals surface area (Å²) in [5.74, 6) is 0. The Bertz CT molecular complexity index is 494. The van der Waals surface area contributed by atoms with Crippen molar-refractivity contribution in [1.29, 1.82) is 0 Å². The van der Waals surface area contributed by atoms with Gasteiger partial charge in [-0.15, -0.1) is 0 Å². The molecule has 0 aliphatic heterocycles. The van der Waals surface area contributed by atoms with E-state index >= 15 is 0 Å². The summed E-state index contributed by atoms with van der Waals surface area (Å²) < 4.78 is 28.5. The minimum absolute atomic E-state index is 0. The van der Waals surface area contributed by atoms with Gasteiger partial charge in [0.05, 0.1) is 4.90 Å². The standard InChI is InChI=1S/C18H31NO3S.Na.H/c1-2-3-4-5-6-7-8-9-10-14-17-19-22-23(20,21)18-15-12-11-13-16-18;;/h11-13,15-16,19H,2-10,14,17H2,1H3;;. The molecule has 0 atom stereocenters. The maximum atomic E-state index is 11.8. The van der Waals surface area contributed by atoms with Gasteiger partial charge in [-0.1, -0.05) is 82.9 Å². The number of benzene rings is 1. The zero-order chi connectivity index (χ0) is 16.8. The summed E-state index contributed by atoms with van der Waals surface area (Å²) in [6.07, 6.45) is 12.6. The second-order valence-corrected chi connectivity index (χ2v) is 7.47. The molecule has 24 heavy (non-hydrogen) atoms. The molecule has 0 heterocycles. The van der Waals surface area contributed by atoms with Gasteiger partial charge in [0.25, 0.3) is 0 Å². The van der Waals surface area contributed by atoms with E-state index in [1.54, 1.807) is 18.2 Å². The molecule has 6 heteroatoms. The van der Waals surface area contributed by atoms with Crippen LogP contribution in [0.1, 0.15) is 71.1 Å². The molecule has 0 aromatic heterocycles. The number of hydrogen-bond donors (Lipinski definition) is 1. The minimum atomic E-state index is -3.68. The molecule has 1 aromatic carbocycles. The molecule has 0 saturated heterocycles. The molecule has 0 bridgehead atoms. The van der Waals surface area contributed by atoms with Crippen molar-refractivity contribution < 1.29 is 12.7 Å².